The molecule has 0 bridgehead atoms. The molecule has 1 unspecified atom stereocenters. The lowest BCUT2D eigenvalue weighted by Gasteiger charge is -2.37. The fourth-order valence-electron chi connectivity index (χ4n) is 3.83. The largest absolute Gasteiger partial charge is 0.418 e. The topological polar surface area (TPSA) is 81.3 Å². The number of carbonyl (C=O) groups is 2. The van der Waals surface area contributed by atoms with Gasteiger partial charge in [0.2, 0.25) is 5.91 Å². The van der Waals surface area contributed by atoms with Gasteiger partial charge in [-0.1, -0.05) is 30.3 Å². The quantitative estimate of drug-likeness (QED) is 0.645. The third kappa shape index (κ3) is 4.31. The molecule has 0 saturated carbocycles. The number of hydrogen-bond acceptors (Lipinski definition) is 4. The first-order chi connectivity index (χ1) is 15.3. The molecule has 1 aliphatic heterocycles. The van der Waals surface area contributed by atoms with Crippen LogP contribution in [0.4, 0.5) is 18.9 Å². The van der Waals surface area contributed by atoms with E-state index < -0.39 is 23.7 Å². The van der Waals surface area contributed by atoms with Crippen LogP contribution in [0.3, 0.4) is 0 Å². The molecule has 1 fully saturated rings. The number of halogens is 3. The average molecular weight is 445 g/mol. The van der Waals surface area contributed by atoms with Crippen molar-refractivity contribution in [2.45, 2.75) is 19.1 Å². The molecule has 32 heavy (non-hydrogen) atoms. The second kappa shape index (κ2) is 8.62. The number of benzene rings is 2. The van der Waals surface area contributed by atoms with Gasteiger partial charge >= 0.3 is 6.18 Å². The van der Waals surface area contributed by atoms with Crippen LogP contribution in [0.1, 0.15) is 23.0 Å². The summed E-state index contributed by atoms with van der Waals surface area (Å²) in [6.07, 6.45) is -4.56. The van der Waals surface area contributed by atoms with E-state index in [4.69, 9.17) is 0 Å². The number of aromatic nitrogens is 2. The molecule has 1 atom stereocenters. The first-order valence-corrected chi connectivity index (χ1v) is 10.2. The summed E-state index contributed by atoms with van der Waals surface area (Å²) in [6.45, 7) is 3.25. The van der Waals surface area contributed by atoms with E-state index in [1.54, 1.807) is 11.8 Å². The number of anilines is 1. The predicted octanol–water partition coefficient (Wildman–Crippen LogP) is 3.37. The molecule has 0 aliphatic carbocycles. The Balaban J connectivity index is 1.38. The molecular formula is C22H22F3N5O2. The molecule has 2 N–H and O–H groups in total. The Hall–Kier alpha value is -3.40. The van der Waals surface area contributed by atoms with Crippen LogP contribution in [0.2, 0.25) is 0 Å². The van der Waals surface area contributed by atoms with Gasteiger partial charge in [-0.05, 0) is 25.1 Å². The summed E-state index contributed by atoms with van der Waals surface area (Å²) in [4.78, 5) is 29.0. The lowest BCUT2D eigenvalue weighted by Crippen LogP contribution is -2.54. The summed E-state index contributed by atoms with van der Waals surface area (Å²) in [6, 6.07) is 11.6. The highest BCUT2D eigenvalue weighted by Crippen LogP contribution is 2.34. The summed E-state index contributed by atoms with van der Waals surface area (Å²) in [5.41, 5.74) is -0.0271. The van der Waals surface area contributed by atoms with E-state index >= 15 is 0 Å². The second-order valence-electron chi connectivity index (χ2n) is 7.65. The zero-order chi connectivity index (χ0) is 22.9. The second-order valence-corrected chi connectivity index (χ2v) is 7.65. The number of rotatable bonds is 4. The number of carbonyl (C=O) groups excluding carboxylic acids is 2. The van der Waals surface area contributed by atoms with Gasteiger partial charge in [0.15, 0.2) is 5.69 Å². The van der Waals surface area contributed by atoms with Gasteiger partial charge < -0.3 is 10.2 Å². The number of alkyl halides is 3. The normalized spacial score (nSPS) is 16.2. The Bertz CT molecular complexity index is 1140. The summed E-state index contributed by atoms with van der Waals surface area (Å²) < 4.78 is 39.5. The first-order valence-electron chi connectivity index (χ1n) is 10.2. The fraction of sp³-hybridized carbons (Fsp3) is 0.318. The Morgan fingerprint density at radius 3 is 2.41 bits per heavy atom. The van der Waals surface area contributed by atoms with Gasteiger partial charge in [0, 0.05) is 31.6 Å². The van der Waals surface area contributed by atoms with E-state index in [1.165, 1.54) is 18.2 Å². The van der Waals surface area contributed by atoms with Crippen LogP contribution in [0.15, 0.2) is 48.5 Å². The van der Waals surface area contributed by atoms with Gasteiger partial charge in [-0.25, -0.2) is 0 Å². The smallest absolute Gasteiger partial charge is 0.335 e. The molecule has 0 spiro atoms. The van der Waals surface area contributed by atoms with E-state index in [1.807, 2.05) is 29.2 Å². The van der Waals surface area contributed by atoms with Crippen LogP contribution in [0, 0.1) is 0 Å². The minimum atomic E-state index is -4.56. The van der Waals surface area contributed by atoms with Crippen molar-refractivity contribution in [1.29, 1.82) is 0 Å². The summed E-state index contributed by atoms with van der Waals surface area (Å²) >= 11 is 0. The van der Waals surface area contributed by atoms with Gasteiger partial charge in [0.1, 0.15) is 0 Å². The molecule has 2 amide bonds. The maximum Gasteiger partial charge on any atom is 0.418 e. The zero-order valence-electron chi connectivity index (χ0n) is 17.3. The number of aromatic amines is 1. The number of piperazine rings is 1. The van der Waals surface area contributed by atoms with Crippen molar-refractivity contribution in [3.63, 3.8) is 0 Å². The average Bonchev–Trinajstić information content (AvgIpc) is 3.22. The minimum Gasteiger partial charge on any atom is -0.335 e. The van der Waals surface area contributed by atoms with Crippen molar-refractivity contribution in [3.8, 4) is 0 Å². The highest BCUT2D eigenvalue weighted by atomic mass is 19.4. The highest BCUT2D eigenvalue weighted by Gasteiger charge is 2.35. The van der Waals surface area contributed by atoms with Crippen molar-refractivity contribution in [2.75, 3.05) is 31.5 Å². The number of H-pyrrole nitrogens is 1. The van der Waals surface area contributed by atoms with Crippen LogP contribution >= 0.6 is 0 Å². The van der Waals surface area contributed by atoms with E-state index in [2.05, 4.69) is 15.5 Å². The van der Waals surface area contributed by atoms with Crippen molar-refractivity contribution >= 4 is 28.4 Å². The van der Waals surface area contributed by atoms with Gasteiger partial charge in [0.25, 0.3) is 5.91 Å². The van der Waals surface area contributed by atoms with Crippen LogP contribution in [-0.2, 0) is 11.0 Å². The maximum atomic E-state index is 13.2. The van der Waals surface area contributed by atoms with Crippen LogP contribution < -0.4 is 5.32 Å². The molecule has 168 valence electrons. The summed E-state index contributed by atoms with van der Waals surface area (Å²) in [5, 5.41) is 10.1. The van der Waals surface area contributed by atoms with Crippen molar-refractivity contribution in [1.82, 2.24) is 20.0 Å². The summed E-state index contributed by atoms with van der Waals surface area (Å²) in [5.74, 6) is -0.724. The molecule has 10 heteroatoms. The highest BCUT2D eigenvalue weighted by molar-refractivity contribution is 6.04. The number of hydrogen-bond donors (Lipinski definition) is 2. The Labute approximate surface area is 182 Å². The fourth-order valence-corrected chi connectivity index (χ4v) is 3.83. The lowest BCUT2D eigenvalue weighted by molar-refractivity contribution is -0.137. The standard InChI is InChI=1S/C22H22F3N5O2/c1-14(20(31)26-18-9-5-3-7-16(18)22(23,24)25)29-10-12-30(13-11-29)21(32)19-15-6-2-4-8-17(15)27-28-19/h2-9,14H,10-13H2,1H3,(H,26,31)(H,27,28). The number of fused-ring (bicyclic) bond motifs is 1. The Morgan fingerprint density at radius 1 is 1.03 bits per heavy atom. The van der Waals surface area contributed by atoms with E-state index in [-0.39, 0.29) is 11.6 Å². The van der Waals surface area contributed by atoms with Crippen LogP contribution in [0.5, 0.6) is 0 Å². The summed E-state index contributed by atoms with van der Waals surface area (Å²) in [7, 11) is 0. The molecule has 3 aromatic rings. The zero-order valence-corrected chi connectivity index (χ0v) is 17.3. The third-order valence-electron chi connectivity index (χ3n) is 5.69. The van der Waals surface area contributed by atoms with Crippen LogP contribution in [-0.4, -0.2) is 64.0 Å². The Kier molecular flexibility index (Phi) is 5.88. The Morgan fingerprint density at radius 2 is 1.69 bits per heavy atom. The number of nitrogens with zero attached hydrogens (tertiary/aromatic N) is 3. The number of amides is 2. The number of nitrogens with one attached hydrogen (secondary N) is 2. The van der Waals surface area contributed by atoms with Gasteiger partial charge in [-0.2, -0.15) is 18.3 Å². The molecule has 1 aromatic heterocycles. The molecule has 4 rings (SSSR count). The maximum absolute atomic E-state index is 13.2. The first kappa shape index (κ1) is 21.8. The minimum absolute atomic E-state index is 0.196. The van der Waals surface area contributed by atoms with Crippen molar-refractivity contribution in [3.05, 3.63) is 59.8 Å². The van der Waals surface area contributed by atoms with Gasteiger partial charge in [-0.15, -0.1) is 0 Å². The molecule has 1 saturated heterocycles. The molecule has 7 nitrogen and oxygen atoms in total. The lowest BCUT2D eigenvalue weighted by atomic mass is 10.1. The number of para-hydroxylation sites is 2. The molecule has 2 heterocycles. The van der Waals surface area contributed by atoms with Crippen molar-refractivity contribution < 1.29 is 22.8 Å². The molecule has 2 aromatic carbocycles. The van der Waals surface area contributed by atoms with E-state index in [9.17, 15) is 22.8 Å². The van der Waals surface area contributed by atoms with Gasteiger partial charge in [-0.3, -0.25) is 19.6 Å². The van der Waals surface area contributed by atoms with Gasteiger partial charge in [0.05, 0.1) is 22.8 Å². The molecular weight excluding hydrogens is 423 g/mol. The third-order valence-corrected chi connectivity index (χ3v) is 5.69. The van der Waals surface area contributed by atoms with Crippen molar-refractivity contribution in [2.24, 2.45) is 0 Å². The SMILES string of the molecule is CC(C(=O)Nc1ccccc1C(F)(F)F)N1CCN(C(=O)c2n[nH]c3ccccc23)CC1. The predicted molar refractivity (Wildman–Crippen MR) is 113 cm³/mol. The van der Waals surface area contributed by atoms with Crippen LogP contribution in [0.25, 0.3) is 10.9 Å². The molecule has 0 radical (unpaired) electrons. The monoisotopic (exact) mass is 445 g/mol. The van der Waals surface area contributed by atoms with E-state index in [0.29, 0.717) is 31.9 Å². The van der Waals surface area contributed by atoms with E-state index in [0.717, 1.165) is 17.0 Å². The molecule has 1 aliphatic rings.